The van der Waals surface area contributed by atoms with Crippen molar-refractivity contribution in [2.45, 2.75) is 26.2 Å². The summed E-state index contributed by atoms with van der Waals surface area (Å²) >= 11 is 0. The lowest BCUT2D eigenvalue weighted by Gasteiger charge is -2.23. The van der Waals surface area contributed by atoms with E-state index in [9.17, 15) is 8.78 Å². The second kappa shape index (κ2) is 3.91. The lowest BCUT2D eigenvalue weighted by atomic mass is 9.85. The van der Waals surface area contributed by atoms with Crippen LogP contribution in [0.3, 0.4) is 0 Å². The molecule has 0 spiro atoms. The third-order valence-corrected chi connectivity index (χ3v) is 2.45. The van der Waals surface area contributed by atoms with E-state index >= 15 is 0 Å². The van der Waals surface area contributed by atoms with Crippen molar-refractivity contribution >= 4 is 0 Å². The standard InChI is InChI=1S/C12H13F2N3/c1-12(2,3)10-8(13)4-5-9(14)11(10)17-15-6-7-16-17/h4-7H,1-3H3. The summed E-state index contributed by atoms with van der Waals surface area (Å²) in [5, 5.41) is 7.72. The summed E-state index contributed by atoms with van der Waals surface area (Å²) in [5.74, 6) is -0.987. The van der Waals surface area contributed by atoms with Gasteiger partial charge in [0.05, 0.1) is 12.4 Å². The first kappa shape index (κ1) is 11.7. The first-order valence-corrected chi connectivity index (χ1v) is 5.26. The largest absolute Gasteiger partial charge is 0.207 e. The summed E-state index contributed by atoms with van der Waals surface area (Å²) in [6.07, 6.45) is 2.85. The van der Waals surface area contributed by atoms with E-state index in [-0.39, 0.29) is 11.3 Å². The Morgan fingerprint density at radius 3 is 2.06 bits per heavy atom. The monoisotopic (exact) mass is 237 g/mol. The van der Waals surface area contributed by atoms with E-state index in [1.54, 1.807) is 0 Å². The van der Waals surface area contributed by atoms with Gasteiger partial charge in [0, 0.05) is 5.56 Å². The van der Waals surface area contributed by atoms with Gasteiger partial charge >= 0.3 is 0 Å². The molecule has 0 saturated heterocycles. The smallest absolute Gasteiger partial charge is 0.151 e. The molecule has 0 unspecified atom stereocenters. The third-order valence-electron chi connectivity index (χ3n) is 2.45. The zero-order chi connectivity index (χ0) is 12.6. The molecule has 0 aliphatic rings. The van der Waals surface area contributed by atoms with Gasteiger partial charge in [-0.05, 0) is 17.5 Å². The number of halogens is 2. The van der Waals surface area contributed by atoms with E-state index in [1.165, 1.54) is 12.4 Å². The Morgan fingerprint density at radius 2 is 1.53 bits per heavy atom. The summed E-state index contributed by atoms with van der Waals surface area (Å²) < 4.78 is 27.7. The molecule has 17 heavy (non-hydrogen) atoms. The SMILES string of the molecule is CC(C)(C)c1c(F)ccc(F)c1-n1nccn1. The van der Waals surface area contributed by atoms with Gasteiger partial charge < -0.3 is 0 Å². The maximum atomic E-state index is 13.9. The third kappa shape index (κ3) is 2.05. The lowest BCUT2D eigenvalue weighted by Crippen LogP contribution is -2.20. The molecule has 0 fully saturated rings. The number of hydrogen-bond donors (Lipinski definition) is 0. The molecular weight excluding hydrogens is 224 g/mol. The zero-order valence-corrected chi connectivity index (χ0v) is 9.91. The normalized spacial score (nSPS) is 11.8. The molecule has 0 aliphatic carbocycles. The van der Waals surface area contributed by atoms with Crippen LogP contribution in [0, 0.1) is 11.6 Å². The van der Waals surface area contributed by atoms with E-state index in [0.717, 1.165) is 16.9 Å². The van der Waals surface area contributed by atoms with Crippen LogP contribution in [0.15, 0.2) is 24.5 Å². The summed E-state index contributed by atoms with van der Waals surface area (Å²) in [7, 11) is 0. The van der Waals surface area contributed by atoms with Crippen LogP contribution < -0.4 is 0 Å². The zero-order valence-electron chi connectivity index (χ0n) is 9.91. The van der Waals surface area contributed by atoms with Gasteiger partial charge in [-0.15, -0.1) is 4.80 Å². The second-order valence-electron chi connectivity index (χ2n) is 4.82. The van der Waals surface area contributed by atoms with Crippen LogP contribution in [-0.2, 0) is 5.41 Å². The average molecular weight is 237 g/mol. The van der Waals surface area contributed by atoms with Crippen molar-refractivity contribution in [3.05, 3.63) is 41.7 Å². The predicted molar refractivity (Wildman–Crippen MR) is 60.0 cm³/mol. The van der Waals surface area contributed by atoms with Gasteiger partial charge in [-0.25, -0.2) is 8.78 Å². The molecule has 0 N–H and O–H groups in total. The fourth-order valence-electron chi connectivity index (χ4n) is 1.78. The minimum atomic E-state index is -0.535. The van der Waals surface area contributed by atoms with Crippen molar-refractivity contribution in [3.63, 3.8) is 0 Å². The molecule has 0 saturated carbocycles. The Kier molecular flexibility index (Phi) is 2.69. The van der Waals surface area contributed by atoms with Gasteiger partial charge in [-0.2, -0.15) is 10.2 Å². The van der Waals surface area contributed by atoms with Crippen LogP contribution in [0.1, 0.15) is 26.3 Å². The number of aromatic nitrogens is 3. The molecule has 90 valence electrons. The van der Waals surface area contributed by atoms with Gasteiger partial charge in [0.25, 0.3) is 0 Å². The first-order chi connectivity index (χ1) is 7.91. The van der Waals surface area contributed by atoms with Crippen molar-refractivity contribution in [2.24, 2.45) is 0 Å². The second-order valence-corrected chi connectivity index (χ2v) is 4.82. The van der Waals surface area contributed by atoms with Gasteiger partial charge in [0.1, 0.15) is 11.5 Å². The Balaban J connectivity index is 2.77. The quantitative estimate of drug-likeness (QED) is 0.763. The first-order valence-electron chi connectivity index (χ1n) is 5.26. The molecule has 3 nitrogen and oxygen atoms in total. The lowest BCUT2D eigenvalue weighted by molar-refractivity contribution is 0.497. The highest BCUT2D eigenvalue weighted by atomic mass is 19.1. The molecule has 0 radical (unpaired) electrons. The van der Waals surface area contributed by atoms with Crippen LogP contribution in [0.5, 0.6) is 0 Å². The van der Waals surface area contributed by atoms with Crippen LogP contribution in [-0.4, -0.2) is 15.0 Å². The van der Waals surface area contributed by atoms with Gasteiger partial charge in [0.2, 0.25) is 0 Å². The Labute approximate surface area is 98.1 Å². The molecule has 0 atom stereocenters. The number of nitrogens with zero attached hydrogens (tertiary/aromatic N) is 3. The summed E-state index contributed by atoms with van der Waals surface area (Å²) in [6.45, 7) is 5.45. The maximum Gasteiger partial charge on any atom is 0.151 e. The highest BCUT2D eigenvalue weighted by Crippen LogP contribution is 2.31. The topological polar surface area (TPSA) is 30.7 Å². The van der Waals surface area contributed by atoms with E-state index in [4.69, 9.17) is 0 Å². The van der Waals surface area contributed by atoms with Crippen molar-refractivity contribution in [3.8, 4) is 5.69 Å². The molecule has 2 aromatic rings. The number of benzene rings is 1. The van der Waals surface area contributed by atoms with Crippen LogP contribution in [0.25, 0.3) is 5.69 Å². The number of hydrogen-bond acceptors (Lipinski definition) is 2. The molecule has 5 heteroatoms. The molecule has 1 heterocycles. The molecule has 0 amide bonds. The number of rotatable bonds is 1. The molecule has 0 aliphatic heterocycles. The molecular formula is C12H13F2N3. The van der Waals surface area contributed by atoms with E-state index < -0.39 is 17.0 Å². The average Bonchev–Trinajstić information content (AvgIpc) is 2.72. The highest BCUT2D eigenvalue weighted by Gasteiger charge is 2.26. The summed E-state index contributed by atoms with van der Waals surface area (Å²) in [4.78, 5) is 1.11. The van der Waals surface area contributed by atoms with Crippen molar-refractivity contribution in [1.29, 1.82) is 0 Å². The van der Waals surface area contributed by atoms with Gasteiger partial charge in [-0.1, -0.05) is 20.8 Å². The summed E-state index contributed by atoms with van der Waals surface area (Å²) in [6, 6.07) is 2.21. The Hall–Kier alpha value is -1.78. The molecule has 0 bridgehead atoms. The Morgan fingerprint density at radius 1 is 1.00 bits per heavy atom. The minimum absolute atomic E-state index is 0.0718. The van der Waals surface area contributed by atoms with Crippen LogP contribution in [0.4, 0.5) is 8.78 Å². The Bertz CT molecular complexity index is 527. The maximum absolute atomic E-state index is 13.9. The van der Waals surface area contributed by atoms with Crippen molar-refractivity contribution in [1.82, 2.24) is 15.0 Å². The molecule has 1 aromatic heterocycles. The summed E-state index contributed by atoms with van der Waals surface area (Å²) in [5.41, 5.74) is -0.189. The van der Waals surface area contributed by atoms with Crippen molar-refractivity contribution in [2.75, 3.05) is 0 Å². The molecule has 2 rings (SSSR count). The van der Waals surface area contributed by atoms with Crippen LogP contribution >= 0.6 is 0 Å². The van der Waals surface area contributed by atoms with E-state index in [2.05, 4.69) is 10.2 Å². The fourth-order valence-corrected chi connectivity index (χ4v) is 1.78. The van der Waals surface area contributed by atoms with E-state index in [1.807, 2.05) is 20.8 Å². The predicted octanol–water partition coefficient (Wildman–Crippen LogP) is 2.84. The van der Waals surface area contributed by atoms with E-state index in [0.29, 0.717) is 0 Å². The minimum Gasteiger partial charge on any atom is -0.207 e. The highest BCUT2D eigenvalue weighted by molar-refractivity contribution is 5.45. The van der Waals surface area contributed by atoms with Gasteiger partial charge in [0.15, 0.2) is 5.82 Å². The van der Waals surface area contributed by atoms with Crippen LogP contribution in [0.2, 0.25) is 0 Å². The van der Waals surface area contributed by atoms with Gasteiger partial charge in [-0.3, -0.25) is 0 Å². The molecule has 1 aromatic carbocycles. The van der Waals surface area contributed by atoms with Crippen molar-refractivity contribution < 1.29 is 8.78 Å². The fraction of sp³-hybridized carbons (Fsp3) is 0.333.